The molecule has 2 saturated heterocycles. The maximum absolute atomic E-state index is 12.3. The maximum atomic E-state index is 12.3. The van der Waals surface area contributed by atoms with Gasteiger partial charge in [0.05, 0.1) is 0 Å². The molecule has 0 aliphatic carbocycles. The number of fused-ring (bicyclic) bond motifs is 1. The Hall–Kier alpha value is -1.43. The van der Waals surface area contributed by atoms with Crippen LogP contribution in [0.4, 0.5) is 0 Å². The normalized spacial score (nSPS) is 28.2. The highest BCUT2D eigenvalue weighted by Gasteiger charge is 2.36. The van der Waals surface area contributed by atoms with Gasteiger partial charge < -0.3 is 9.80 Å². The molecule has 3 rings (SSSR count). The van der Waals surface area contributed by atoms with Gasteiger partial charge in [-0.25, -0.2) is 4.98 Å². The Bertz CT molecular complexity index is 471. The molecule has 2 fully saturated rings. The average molecular weight is 263 g/mol. The maximum Gasteiger partial charge on any atom is 0.293 e. The first-order valence-corrected chi connectivity index (χ1v) is 7.03. The van der Waals surface area contributed by atoms with Gasteiger partial charge in [0.15, 0.2) is 0 Å². The molecule has 0 radical (unpaired) electrons. The fourth-order valence-electron chi connectivity index (χ4n) is 3.42. The van der Waals surface area contributed by atoms with Crippen molar-refractivity contribution in [3.8, 4) is 0 Å². The van der Waals surface area contributed by atoms with Crippen molar-refractivity contribution in [1.82, 2.24) is 25.0 Å². The lowest BCUT2D eigenvalue weighted by molar-refractivity contribution is 0.0309. The van der Waals surface area contributed by atoms with Crippen molar-refractivity contribution in [3.05, 3.63) is 11.6 Å². The van der Waals surface area contributed by atoms with Crippen molar-refractivity contribution in [2.75, 3.05) is 26.7 Å². The highest BCUT2D eigenvalue weighted by atomic mass is 16.2. The number of aromatic nitrogens is 3. The second-order valence-electron chi connectivity index (χ2n) is 5.73. The number of hydrogen-bond donors (Lipinski definition) is 1. The van der Waals surface area contributed by atoms with Crippen molar-refractivity contribution >= 4 is 5.91 Å². The molecule has 0 saturated carbocycles. The molecule has 19 heavy (non-hydrogen) atoms. The number of likely N-dealkylation sites (tertiary alicyclic amines) is 2. The number of carbonyl (C=O) groups excluding carboxylic acids is 1. The van der Waals surface area contributed by atoms with Crippen LogP contribution in [-0.2, 0) is 0 Å². The van der Waals surface area contributed by atoms with E-state index in [0.717, 1.165) is 19.5 Å². The highest BCUT2D eigenvalue weighted by Crippen LogP contribution is 2.29. The van der Waals surface area contributed by atoms with Gasteiger partial charge in [0.25, 0.3) is 5.91 Å². The number of carbonyl (C=O) groups is 1. The Morgan fingerprint density at radius 1 is 1.37 bits per heavy atom. The molecular weight excluding hydrogens is 242 g/mol. The minimum atomic E-state index is -0.0315. The quantitative estimate of drug-likeness (QED) is 0.809. The second-order valence-corrected chi connectivity index (χ2v) is 5.73. The zero-order valence-corrected chi connectivity index (χ0v) is 11.6. The van der Waals surface area contributed by atoms with Crippen LogP contribution in [0.5, 0.6) is 0 Å². The molecule has 2 atom stereocenters. The molecule has 6 nitrogen and oxygen atoms in total. The summed E-state index contributed by atoms with van der Waals surface area (Å²) in [7, 11) is 2.20. The number of aryl methyl sites for hydroxylation is 1. The van der Waals surface area contributed by atoms with E-state index in [1.54, 1.807) is 0 Å². The summed E-state index contributed by atoms with van der Waals surface area (Å²) in [6.07, 6.45) is 3.53. The molecule has 0 aromatic carbocycles. The van der Waals surface area contributed by atoms with Crippen LogP contribution >= 0.6 is 0 Å². The second kappa shape index (κ2) is 4.92. The molecule has 3 heterocycles. The first-order valence-electron chi connectivity index (χ1n) is 7.03. The Balaban J connectivity index is 1.69. The first kappa shape index (κ1) is 12.6. The summed E-state index contributed by atoms with van der Waals surface area (Å²) >= 11 is 0. The number of nitrogens with zero attached hydrogens (tertiary/aromatic N) is 4. The van der Waals surface area contributed by atoms with E-state index < -0.39 is 0 Å². The van der Waals surface area contributed by atoms with Gasteiger partial charge in [0.1, 0.15) is 5.82 Å². The Kier molecular flexibility index (Phi) is 3.26. The van der Waals surface area contributed by atoms with Gasteiger partial charge in [-0.2, -0.15) is 0 Å². The Labute approximate surface area is 113 Å². The molecule has 2 aliphatic rings. The molecule has 1 aromatic heterocycles. The average Bonchev–Trinajstić information content (AvgIpc) is 2.84. The number of nitrogens with one attached hydrogen (secondary N) is 1. The third kappa shape index (κ3) is 2.36. The summed E-state index contributed by atoms with van der Waals surface area (Å²) in [5, 5.41) is 6.71. The Morgan fingerprint density at radius 3 is 2.95 bits per heavy atom. The van der Waals surface area contributed by atoms with Crippen molar-refractivity contribution in [2.45, 2.75) is 32.2 Å². The largest absolute Gasteiger partial charge is 0.335 e. The zero-order valence-electron chi connectivity index (χ0n) is 11.6. The van der Waals surface area contributed by atoms with Gasteiger partial charge >= 0.3 is 0 Å². The molecule has 0 spiro atoms. The molecule has 2 aliphatic heterocycles. The molecule has 104 valence electrons. The molecule has 1 amide bonds. The van der Waals surface area contributed by atoms with Crippen LogP contribution in [-0.4, -0.2) is 63.6 Å². The van der Waals surface area contributed by atoms with Crippen LogP contribution in [0.15, 0.2) is 0 Å². The molecule has 1 N–H and O–H groups in total. The Morgan fingerprint density at radius 2 is 2.21 bits per heavy atom. The number of hydrogen-bond acceptors (Lipinski definition) is 4. The van der Waals surface area contributed by atoms with Crippen LogP contribution in [0.2, 0.25) is 0 Å². The molecule has 2 unspecified atom stereocenters. The van der Waals surface area contributed by atoms with Crippen molar-refractivity contribution < 1.29 is 4.79 Å². The van der Waals surface area contributed by atoms with Crippen LogP contribution in [0, 0.1) is 12.8 Å². The van der Waals surface area contributed by atoms with Crippen molar-refractivity contribution in [2.24, 2.45) is 5.92 Å². The summed E-state index contributed by atoms with van der Waals surface area (Å²) in [6.45, 7) is 4.67. The van der Waals surface area contributed by atoms with Crippen LogP contribution in [0.1, 0.15) is 35.7 Å². The number of amides is 1. The fraction of sp³-hybridized carbons (Fsp3) is 0.769. The number of aromatic amines is 1. The highest BCUT2D eigenvalue weighted by molar-refractivity contribution is 5.90. The topological polar surface area (TPSA) is 65.1 Å². The van der Waals surface area contributed by atoms with E-state index in [1.165, 1.54) is 19.4 Å². The number of H-pyrrole nitrogens is 1. The zero-order chi connectivity index (χ0) is 13.4. The fourth-order valence-corrected chi connectivity index (χ4v) is 3.42. The van der Waals surface area contributed by atoms with Gasteiger partial charge in [-0.1, -0.05) is 0 Å². The summed E-state index contributed by atoms with van der Waals surface area (Å²) in [5.74, 6) is 1.57. The summed E-state index contributed by atoms with van der Waals surface area (Å²) in [5.41, 5.74) is 0. The lowest BCUT2D eigenvalue weighted by Gasteiger charge is -2.45. The smallest absolute Gasteiger partial charge is 0.293 e. The lowest BCUT2D eigenvalue weighted by atomic mass is 9.84. The predicted molar refractivity (Wildman–Crippen MR) is 70.8 cm³/mol. The SMILES string of the molecule is Cc1nc(C(=O)N2CCC3C(CCCN3C)C2)n[nH]1. The van der Waals surface area contributed by atoms with E-state index >= 15 is 0 Å². The van der Waals surface area contributed by atoms with Gasteiger partial charge in [-0.15, -0.1) is 5.10 Å². The van der Waals surface area contributed by atoms with Gasteiger partial charge in [-0.3, -0.25) is 9.89 Å². The van der Waals surface area contributed by atoms with Crippen molar-refractivity contribution in [3.63, 3.8) is 0 Å². The van der Waals surface area contributed by atoms with Crippen LogP contribution in [0.25, 0.3) is 0 Å². The van der Waals surface area contributed by atoms with E-state index in [1.807, 2.05) is 11.8 Å². The van der Waals surface area contributed by atoms with Gasteiger partial charge in [0, 0.05) is 19.1 Å². The third-order valence-corrected chi connectivity index (χ3v) is 4.42. The number of rotatable bonds is 1. The van der Waals surface area contributed by atoms with E-state index in [0.29, 0.717) is 23.6 Å². The van der Waals surface area contributed by atoms with E-state index in [-0.39, 0.29) is 5.91 Å². The summed E-state index contributed by atoms with van der Waals surface area (Å²) in [6, 6.07) is 0.645. The standard InChI is InChI=1S/C13H21N5O/c1-9-14-12(16-15-9)13(19)18-7-5-11-10(8-18)4-3-6-17(11)2/h10-11H,3-8H2,1-2H3,(H,14,15,16). The van der Waals surface area contributed by atoms with E-state index in [4.69, 9.17) is 0 Å². The molecule has 6 heteroatoms. The van der Waals surface area contributed by atoms with Gasteiger partial charge in [-0.05, 0) is 45.7 Å². The lowest BCUT2D eigenvalue weighted by Crippen LogP contribution is -2.54. The van der Waals surface area contributed by atoms with Gasteiger partial charge in [0.2, 0.25) is 5.82 Å². The number of piperidine rings is 2. The predicted octanol–water partition coefficient (Wildman–Crippen LogP) is 0.669. The minimum Gasteiger partial charge on any atom is -0.335 e. The molecular formula is C13H21N5O. The summed E-state index contributed by atoms with van der Waals surface area (Å²) in [4.78, 5) is 20.8. The minimum absolute atomic E-state index is 0.0315. The van der Waals surface area contributed by atoms with E-state index in [9.17, 15) is 4.79 Å². The molecule has 0 bridgehead atoms. The monoisotopic (exact) mass is 263 g/mol. The summed E-state index contributed by atoms with van der Waals surface area (Å²) < 4.78 is 0. The van der Waals surface area contributed by atoms with E-state index in [2.05, 4.69) is 27.1 Å². The molecule has 1 aromatic rings. The first-order chi connectivity index (χ1) is 9.15. The van der Waals surface area contributed by atoms with Crippen molar-refractivity contribution in [1.29, 1.82) is 0 Å². The third-order valence-electron chi connectivity index (χ3n) is 4.42. The van der Waals surface area contributed by atoms with Crippen LogP contribution in [0.3, 0.4) is 0 Å². The van der Waals surface area contributed by atoms with Crippen LogP contribution < -0.4 is 0 Å².